The summed E-state index contributed by atoms with van der Waals surface area (Å²) in [4.78, 5) is 12.7. The number of nitrogens with one attached hydrogen (secondary N) is 1. The Balaban J connectivity index is 1.93. The van der Waals surface area contributed by atoms with E-state index in [2.05, 4.69) is 65.2 Å². The van der Waals surface area contributed by atoms with E-state index in [0.29, 0.717) is 5.71 Å². The van der Waals surface area contributed by atoms with Crippen LogP contribution in [0.15, 0.2) is 46.9 Å². The van der Waals surface area contributed by atoms with Gasteiger partial charge in [0.1, 0.15) is 5.52 Å². The van der Waals surface area contributed by atoms with E-state index in [1.54, 1.807) is 0 Å². The number of benzene rings is 2. The van der Waals surface area contributed by atoms with Crippen LogP contribution in [-0.2, 0) is 0 Å². The lowest BCUT2D eigenvalue weighted by molar-refractivity contribution is 0.495. The largest absolute Gasteiger partial charge is 0.422 e. The first-order chi connectivity index (χ1) is 11.2. The molecule has 112 valence electrons. The lowest BCUT2D eigenvalue weighted by Crippen LogP contribution is -1.84. The molecule has 0 atom stereocenters. The minimum atomic E-state index is 0.250. The van der Waals surface area contributed by atoms with Gasteiger partial charge in [-0.2, -0.15) is 0 Å². The molecular formula is C19H15N3O. The first-order valence-electron chi connectivity index (χ1n) is 7.81. The Labute approximate surface area is 132 Å². The molecule has 0 fully saturated rings. The number of H-pyrrole nitrogens is 1. The number of rotatable bonds is 1. The molecule has 5 aromatic rings. The molecule has 5 rings (SSSR count). The van der Waals surface area contributed by atoms with Crippen molar-refractivity contribution in [1.29, 1.82) is 0 Å². The molecule has 0 bridgehead atoms. The third-order valence-electron chi connectivity index (χ3n) is 4.35. The van der Waals surface area contributed by atoms with Gasteiger partial charge in [-0.25, -0.2) is 9.97 Å². The number of para-hydroxylation sites is 1. The Hall–Kier alpha value is -2.88. The highest BCUT2D eigenvalue weighted by atomic mass is 16.4. The zero-order chi connectivity index (χ0) is 15.6. The molecule has 0 saturated heterocycles. The molecule has 1 N–H and O–H groups in total. The minimum absolute atomic E-state index is 0.250. The monoisotopic (exact) mass is 301 g/mol. The third kappa shape index (κ3) is 1.72. The van der Waals surface area contributed by atoms with E-state index in [4.69, 9.17) is 4.42 Å². The van der Waals surface area contributed by atoms with Crippen molar-refractivity contribution in [2.45, 2.75) is 19.8 Å². The van der Waals surface area contributed by atoms with E-state index in [9.17, 15) is 0 Å². The molecule has 4 heteroatoms. The normalized spacial score (nSPS) is 12.3. The van der Waals surface area contributed by atoms with Crippen LogP contribution in [-0.4, -0.2) is 15.0 Å². The van der Waals surface area contributed by atoms with Crippen LogP contribution in [0.2, 0.25) is 0 Å². The van der Waals surface area contributed by atoms with Crippen molar-refractivity contribution in [2.75, 3.05) is 0 Å². The molecule has 2 aromatic carbocycles. The molecule has 4 nitrogen and oxygen atoms in total. The number of aromatic nitrogens is 3. The van der Waals surface area contributed by atoms with Gasteiger partial charge in [0.2, 0.25) is 5.71 Å². The first kappa shape index (κ1) is 12.6. The van der Waals surface area contributed by atoms with Gasteiger partial charge in [-0.1, -0.05) is 38.1 Å². The standard InChI is InChI=1S/C19H15N3O/c1-10(2)18-22-16-9-13-15(21-19(16)23-18)8-7-12-11-5-3-4-6-14(11)20-17(12)13/h3-10,20H,1-2H3. The summed E-state index contributed by atoms with van der Waals surface area (Å²) in [5.74, 6) is 0.983. The van der Waals surface area contributed by atoms with Crippen molar-refractivity contribution in [3.63, 3.8) is 0 Å². The fraction of sp³-hybridized carbons (Fsp3) is 0.158. The summed E-state index contributed by atoms with van der Waals surface area (Å²) >= 11 is 0. The Morgan fingerprint density at radius 1 is 0.913 bits per heavy atom. The topological polar surface area (TPSA) is 54.7 Å². The maximum Gasteiger partial charge on any atom is 0.247 e. The van der Waals surface area contributed by atoms with Gasteiger partial charge in [-0.15, -0.1) is 0 Å². The van der Waals surface area contributed by atoms with Crippen LogP contribution in [0.1, 0.15) is 25.7 Å². The fourth-order valence-electron chi connectivity index (χ4n) is 3.18. The van der Waals surface area contributed by atoms with Gasteiger partial charge >= 0.3 is 0 Å². The van der Waals surface area contributed by atoms with Crippen LogP contribution in [0, 0.1) is 0 Å². The molecule has 3 aromatic heterocycles. The molecule has 0 spiro atoms. The van der Waals surface area contributed by atoms with E-state index in [1.165, 1.54) is 10.8 Å². The average Bonchev–Trinajstić information content (AvgIpc) is 3.13. The molecular weight excluding hydrogens is 286 g/mol. The summed E-state index contributed by atoms with van der Waals surface area (Å²) in [6.07, 6.45) is 0. The number of hydrogen-bond donors (Lipinski definition) is 1. The van der Waals surface area contributed by atoms with E-state index in [0.717, 1.165) is 33.3 Å². The molecule has 0 aliphatic heterocycles. The summed E-state index contributed by atoms with van der Waals surface area (Å²) in [6.45, 7) is 4.14. The molecule has 0 saturated carbocycles. The predicted molar refractivity (Wildman–Crippen MR) is 92.8 cm³/mol. The second-order valence-corrected chi connectivity index (χ2v) is 6.24. The summed E-state index contributed by atoms with van der Waals surface area (Å²) in [5.41, 5.74) is 4.58. The summed E-state index contributed by atoms with van der Waals surface area (Å²) in [5, 5.41) is 3.52. The van der Waals surface area contributed by atoms with Crippen LogP contribution in [0.3, 0.4) is 0 Å². The van der Waals surface area contributed by atoms with Crippen LogP contribution in [0.4, 0.5) is 0 Å². The quantitative estimate of drug-likeness (QED) is 0.466. The van der Waals surface area contributed by atoms with E-state index in [1.807, 2.05) is 6.07 Å². The molecule has 0 aliphatic carbocycles. The molecule has 0 aliphatic rings. The Kier molecular flexibility index (Phi) is 2.37. The van der Waals surface area contributed by atoms with Crippen molar-refractivity contribution >= 4 is 43.9 Å². The highest BCUT2D eigenvalue weighted by Crippen LogP contribution is 2.32. The van der Waals surface area contributed by atoms with Gasteiger partial charge in [0.15, 0.2) is 5.89 Å². The second kappa shape index (κ2) is 4.32. The molecule has 3 heterocycles. The van der Waals surface area contributed by atoms with Crippen molar-refractivity contribution in [1.82, 2.24) is 15.0 Å². The average molecular weight is 301 g/mol. The zero-order valence-corrected chi connectivity index (χ0v) is 12.9. The van der Waals surface area contributed by atoms with E-state index in [-0.39, 0.29) is 5.92 Å². The number of oxazole rings is 1. The SMILES string of the molecule is CC(C)c1nc2cc3c(ccc4c5ccccc5[nH]c34)nc2o1. The maximum atomic E-state index is 5.78. The van der Waals surface area contributed by atoms with Crippen molar-refractivity contribution in [2.24, 2.45) is 0 Å². The van der Waals surface area contributed by atoms with E-state index < -0.39 is 0 Å². The fourth-order valence-corrected chi connectivity index (χ4v) is 3.18. The van der Waals surface area contributed by atoms with Crippen LogP contribution in [0.5, 0.6) is 0 Å². The van der Waals surface area contributed by atoms with Crippen molar-refractivity contribution in [3.8, 4) is 0 Å². The second-order valence-electron chi connectivity index (χ2n) is 6.24. The zero-order valence-electron chi connectivity index (χ0n) is 12.9. The van der Waals surface area contributed by atoms with Gasteiger partial charge in [-0.3, -0.25) is 0 Å². The van der Waals surface area contributed by atoms with Crippen molar-refractivity contribution in [3.05, 3.63) is 48.4 Å². The number of nitrogens with zero attached hydrogens (tertiary/aromatic N) is 2. The van der Waals surface area contributed by atoms with Crippen LogP contribution >= 0.6 is 0 Å². The molecule has 0 radical (unpaired) electrons. The lowest BCUT2D eigenvalue weighted by Gasteiger charge is -1.98. The van der Waals surface area contributed by atoms with Gasteiger partial charge < -0.3 is 9.40 Å². The Morgan fingerprint density at radius 3 is 2.65 bits per heavy atom. The first-order valence-corrected chi connectivity index (χ1v) is 7.81. The van der Waals surface area contributed by atoms with E-state index >= 15 is 0 Å². The molecule has 0 amide bonds. The number of fused-ring (bicyclic) bond motifs is 6. The van der Waals surface area contributed by atoms with Gasteiger partial charge in [0.25, 0.3) is 0 Å². The Bertz CT molecular complexity index is 1200. The highest BCUT2D eigenvalue weighted by Gasteiger charge is 2.14. The summed E-state index contributed by atoms with van der Waals surface area (Å²) < 4.78 is 5.78. The predicted octanol–water partition coefficient (Wildman–Crippen LogP) is 5.13. The van der Waals surface area contributed by atoms with Crippen LogP contribution < -0.4 is 0 Å². The molecule has 23 heavy (non-hydrogen) atoms. The summed E-state index contributed by atoms with van der Waals surface area (Å²) in [6, 6.07) is 14.6. The number of hydrogen-bond acceptors (Lipinski definition) is 3. The van der Waals surface area contributed by atoms with Crippen LogP contribution in [0.25, 0.3) is 43.9 Å². The third-order valence-corrected chi connectivity index (χ3v) is 4.35. The lowest BCUT2D eigenvalue weighted by atomic mass is 10.1. The minimum Gasteiger partial charge on any atom is -0.422 e. The Morgan fingerprint density at radius 2 is 1.78 bits per heavy atom. The number of pyridine rings is 1. The highest BCUT2D eigenvalue weighted by molar-refractivity contribution is 6.17. The van der Waals surface area contributed by atoms with Gasteiger partial charge in [0.05, 0.1) is 11.0 Å². The van der Waals surface area contributed by atoms with Crippen molar-refractivity contribution < 1.29 is 4.42 Å². The molecule has 0 unspecified atom stereocenters. The van der Waals surface area contributed by atoms with Gasteiger partial charge in [-0.05, 0) is 18.2 Å². The summed E-state index contributed by atoms with van der Waals surface area (Å²) in [7, 11) is 0. The smallest absolute Gasteiger partial charge is 0.247 e. The number of aromatic amines is 1. The maximum absolute atomic E-state index is 5.78. The van der Waals surface area contributed by atoms with Gasteiger partial charge in [0, 0.05) is 27.6 Å².